The van der Waals surface area contributed by atoms with E-state index in [1.807, 2.05) is 36.6 Å². The summed E-state index contributed by atoms with van der Waals surface area (Å²) in [7, 11) is 0. The molecule has 1 N–H and O–H groups in total. The highest BCUT2D eigenvalue weighted by Crippen LogP contribution is 2.25. The first kappa shape index (κ1) is 12.8. The smallest absolute Gasteiger partial charge is 0.306 e. The minimum absolute atomic E-state index is 0.388. The van der Waals surface area contributed by atoms with Gasteiger partial charge in [-0.25, -0.2) is 4.98 Å². The van der Waals surface area contributed by atoms with Gasteiger partial charge in [0.2, 0.25) is 0 Å². The summed E-state index contributed by atoms with van der Waals surface area (Å²) in [5.74, 6) is -1.16. The van der Waals surface area contributed by atoms with E-state index in [1.165, 1.54) is 16.9 Å². The van der Waals surface area contributed by atoms with E-state index in [4.69, 9.17) is 5.11 Å². The molecule has 4 heteroatoms. The molecule has 1 heterocycles. The quantitative estimate of drug-likeness (QED) is 0.917. The molecule has 2 aromatic rings. The van der Waals surface area contributed by atoms with Crippen molar-refractivity contribution in [1.82, 2.24) is 4.98 Å². The Hall–Kier alpha value is -1.68. The summed E-state index contributed by atoms with van der Waals surface area (Å²) in [6.07, 6.45) is 0.492. The van der Waals surface area contributed by atoms with Crippen LogP contribution >= 0.6 is 11.3 Å². The van der Waals surface area contributed by atoms with E-state index >= 15 is 0 Å². The third-order valence-electron chi connectivity index (χ3n) is 2.88. The molecule has 1 atom stereocenters. The number of thiazole rings is 1. The van der Waals surface area contributed by atoms with Gasteiger partial charge in [-0.2, -0.15) is 0 Å². The van der Waals surface area contributed by atoms with E-state index in [9.17, 15) is 4.79 Å². The zero-order valence-electron chi connectivity index (χ0n) is 10.4. The summed E-state index contributed by atoms with van der Waals surface area (Å²) in [6, 6.07) is 8.07. The molecule has 0 aliphatic carbocycles. The Balaban J connectivity index is 2.21. The summed E-state index contributed by atoms with van der Waals surface area (Å²) in [4.78, 5) is 15.3. The van der Waals surface area contributed by atoms with Crippen molar-refractivity contribution in [3.8, 4) is 11.3 Å². The van der Waals surface area contributed by atoms with Crippen LogP contribution in [0, 0.1) is 12.8 Å². The van der Waals surface area contributed by atoms with Gasteiger partial charge < -0.3 is 5.11 Å². The normalized spacial score (nSPS) is 12.3. The number of carboxylic acid groups (broad SMARTS) is 1. The average Bonchev–Trinajstić information content (AvgIpc) is 2.77. The number of nitrogens with zero attached hydrogens (tertiary/aromatic N) is 1. The largest absolute Gasteiger partial charge is 0.481 e. The van der Waals surface area contributed by atoms with Crippen molar-refractivity contribution >= 4 is 17.3 Å². The Kier molecular flexibility index (Phi) is 3.77. The van der Waals surface area contributed by atoms with Crippen LogP contribution in [-0.2, 0) is 11.2 Å². The zero-order chi connectivity index (χ0) is 13.1. The predicted molar refractivity (Wildman–Crippen MR) is 72.8 cm³/mol. The summed E-state index contributed by atoms with van der Waals surface area (Å²) in [5.41, 5.74) is 3.23. The van der Waals surface area contributed by atoms with E-state index in [2.05, 4.69) is 4.98 Å². The Labute approximate surface area is 110 Å². The fraction of sp³-hybridized carbons (Fsp3) is 0.286. The second-order valence-electron chi connectivity index (χ2n) is 4.38. The Morgan fingerprint density at radius 3 is 2.83 bits per heavy atom. The molecule has 0 spiro atoms. The maximum absolute atomic E-state index is 10.8. The molecule has 94 valence electrons. The maximum atomic E-state index is 10.8. The molecule has 2 rings (SSSR count). The van der Waals surface area contributed by atoms with Crippen molar-refractivity contribution in [3.05, 3.63) is 40.2 Å². The van der Waals surface area contributed by atoms with E-state index < -0.39 is 5.97 Å². The third kappa shape index (κ3) is 2.76. The Morgan fingerprint density at radius 1 is 1.44 bits per heavy atom. The number of benzene rings is 1. The van der Waals surface area contributed by atoms with Crippen LogP contribution in [0.3, 0.4) is 0 Å². The van der Waals surface area contributed by atoms with Crippen LogP contribution in [0.15, 0.2) is 29.6 Å². The van der Waals surface area contributed by atoms with Crippen molar-refractivity contribution in [2.75, 3.05) is 0 Å². The highest BCUT2D eigenvalue weighted by Gasteiger charge is 2.14. The number of carboxylic acids is 1. The summed E-state index contributed by atoms with van der Waals surface area (Å²) in [5, 5.41) is 11.8. The number of aliphatic carboxylic acids is 1. The molecule has 0 aliphatic rings. The van der Waals surface area contributed by atoms with Gasteiger partial charge >= 0.3 is 5.97 Å². The second kappa shape index (κ2) is 5.31. The van der Waals surface area contributed by atoms with E-state index in [1.54, 1.807) is 6.92 Å². The van der Waals surface area contributed by atoms with Gasteiger partial charge in [0.15, 0.2) is 0 Å². The van der Waals surface area contributed by atoms with Gasteiger partial charge in [0.05, 0.1) is 16.6 Å². The van der Waals surface area contributed by atoms with Gasteiger partial charge in [0.25, 0.3) is 0 Å². The lowest BCUT2D eigenvalue weighted by atomic mass is 10.1. The fourth-order valence-corrected chi connectivity index (χ4v) is 2.66. The number of carbonyl (C=O) groups is 1. The van der Waals surface area contributed by atoms with E-state index in [-0.39, 0.29) is 5.92 Å². The first-order valence-electron chi connectivity index (χ1n) is 5.81. The fourth-order valence-electron chi connectivity index (χ4n) is 1.74. The number of aromatic nitrogens is 1. The van der Waals surface area contributed by atoms with Crippen molar-refractivity contribution in [2.24, 2.45) is 5.92 Å². The molecule has 18 heavy (non-hydrogen) atoms. The number of aryl methyl sites for hydroxylation is 1. The highest BCUT2D eigenvalue weighted by atomic mass is 32.1. The number of rotatable bonds is 4. The van der Waals surface area contributed by atoms with Crippen molar-refractivity contribution in [3.63, 3.8) is 0 Å². The average molecular weight is 261 g/mol. The predicted octanol–water partition coefficient (Wildman–Crippen LogP) is 3.38. The summed E-state index contributed by atoms with van der Waals surface area (Å²) < 4.78 is 0. The Bertz CT molecular complexity index is 562. The lowest BCUT2D eigenvalue weighted by molar-refractivity contribution is -0.141. The molecule has 1 aromatic heterocycles. The standard InChI is InChI=1S/C14H15NO2S/c1-9-5-3-4-6-11(9)12-8-18-13(15-12)7-10(2)14(16)17/h3-6,8,10H,7H2,1-2H3,(H,16,17). The zero-order valence-corrected chi connectivity index (χ0v) is 11.2. The highest BCUT2D eigenvalue weighted by molar-refractivity contribution is 7.09. The third-order valence-corrected chi connectivity index (χ3v) is 3.75. The topological polar surface area (TPSA) is 50.2 Å². The molecule has 0 saturated heterocycles. The van der Waals surface area contributed by atoms with Crippen molar-refractivity contribution in [2.45, 2.75) is 20.3 Å². The van der Waals surface area contributed by atoms with Crippen molar-refractivity contribution in [1.29, 1.82) is 0 Å². The van der Waals surface area contributed by atoms with Gasteiger partial charge in [-0.1, -0.05) is 31.2 Å². The molecule has 0 saturated carbocycles. The second-order valence-corrected chi connectivity index (χ2v) is 5.33. The molecule has 0 bridgehead atoms. The number of hydrogen-bond donors (Lipinski definition) is 1. The minimum Gasteiger partial charge on any atom is -0.481 e. The van der Waals surface area contributed by atoms with Crippen LogP contribution in [0.25, 0.3) is 11.3 Å². The van der Waals surface area contributed by atoms with Gasteiger partial charge in [-0.3, -0.25) is 4.79 Å². The van der Waals surface area contributed by atoms with Crippen molar-refractivity contribution < 1.29 is 9.90 Å². The number of hydrogen-bond acceptors (Lipinski definition) is 3. The lowest BCUT2D eigenvalue weighted by Gasteiger charge is -2.03. The molecule has 0 aliphatic heterocycles. The summed E-state index contributed by atoms with van der Waals surface area (Å²) in [6.45, 7) is 3.76. The van der Waals surface area contributed by atoms with Gasteiger partial charge in [-0.05, 0) is 12.5 Å². The maximum Gasteiger partial charge on any atom is 0.306 e. The van der Waals surface area contributed by atoms with E-state index in [0.29, 0.717) is 6.42 Å². The minimum atomic E-state index is -0.775. The van der Waals surface area contributed by atoms with Crippen LogP contribution in [0.5, 0.6) is 0 Å². The van der Waals surface area contributed by atoms with E-state index in [0.717, 1.165) is 16.3 Å². The molecule has 0 radical (unpaired) electrons. The van der Waals surface area contributed by atoms with Crippen LogP contribution < -0.4 is 0 Å². The lowest BCUT2D eigenvalue weighted by Crippen LogP contribution is -2.11. The molecule has 0 fully saturated rings. The van der Waals surface area contributed by atoms with Crippen LogP contribution in [0.2, 0.25) is 0 Å². The molecule has 0 amide bonds. The molecule has 1 unspecified atom stereocenters. The first-order valence-corrected chi connectivity index (χ1v) is 6.69. The van der Waals surface area contributed by atoms with Gasteiger partial charge in [0.1, 0.15) is 0 Å². The molecule has 1 aromatic carbocycles. The SMILES string of the molecule is Cc1ccccc1-c1csc(CC(C)C(=O)O)n1. The molecular weight excluding hydrogens is 246 g/mol. The van der Waals surface area contributed by atoms with Gasteiger partial charge in [0, 0.05) is 17.4 Å². The summed E-state index contributed by atoms with van der Waals surface area (Å²) >= 11 is 1.52. The van der Waals surface area contributed by atoms with Crippen LogP contribution in [-0.4, -0.2) is 16.1 Å². The van der Waals surface area contributed by atoms with Gasteiger partial charge in [-0.15, -0.1) is 11.3 Å². The molecular formula is C14H15NO2S. The Morgan fingerprint density at radius 2 is 2.17 bits per heavy atom. The monoisotopic (exact) mass is 261 g/mol. The van der Waals surface area contributed by atoms with Crippen LogP contribution in [0.4, 0.5) is 0 Å². The van der Waals surface area contributed by atoms with Crippen LogP contribution in [0.1, 0.15) is 17.5 Å². The molecule has 3 nitrogen and oxygen atoms in total. The first-order chi connectivity index (χ1) is 8.58.